The fourth-order valence-electron chi connectivity index (χ4n) is 1.51. The van der Waals surface area contributed by atoms with E-state index in [1.54, 1.807) is 24.3 Å². The van der Waals surface area contributed by atoms with Gasteiger partial charge in [-0.1, -0.05) is 24.3 Å². The Kier molecular flexibility index (Phi) is 3.28. The first kappa shape index (κ1) is 11.5. The predicted molar refractivity (Wildman–Crippen MR) is 59.7 cm³/mol. The second-order valence-corrected chi connectivity index (χ2v) is 3.61. The third-order valence-corrected chi connectivity index (χ3v) is 2.37. The standard InChI is InChI=1S/C14H9F2O/c15-12-6-7-13(16)11(8-12)9-14(17)10-4-2-1-3-5-10/h1-4,6-8H,9H2. The number of ketones is 1. The van der Waals surface area contributed by atoms with E-state index >= 15 is 0 Å². The van der Waals surface area contributed by atoms with E-state index in [1.807, 2.05) is 0 Å². The highest BCUT2D eigenvalue weighted by Gasteiger charge is 2.11. The monoisotopic (exact) mass is 231 g/mol. The molecule has 0 bridgehead atoms. The molecule has 1 radical (unpaired) electrons. The zero-order valence-electron chi connectivity index (χ0n) is 8.91. The molecule has 85 valence electrons. The van der Waals surface area contributed by atoms with E-state index in [0.717, 1.165) is 18.2 Å². The molecule has 0 aliphatic rings. The summed E-state index contributed by atoms with van der Waals surface area (Å²) in [6, 6.07) is 12.5. The Hall–Kier alpha value is -2.03. The van der Waals surface area contributed by atoms with E-state index < -0.39 is 11.6 Å². The smallest absolute Gasteiger partial charge is 0.167 e. The Bertz CT molecular complexity index is 535. The molecule has 0 aliphatic heterocycles. The van der Waals surface area contributed by atoms with Crippen LogP contribution >= 0.6 is 0 Å². The van der Waals surface area contributed by atoms with Gasteiger partial charge in [0.2, 0.25) is 0 Å². The van der Waals surface area contributed by atoms with Gasteiger partial charge >= 0.3 is 0 Å². The molecule has 0 amide bonds. The second kappa shape index (κ2) is 4.87. The quantitative estimate of drug-likeness (QED) is 0.741. The van der Waals surface area contributed by atoms with Gasteiger partial charge < -0.3 is 0 Å². The minimum Gasteiger partial charge on any atom is -0.294 e. The molecule has 0 N–H and O–H groups in total. The molecule has 2 rings (SSSR count). The lowest BCUT2D eigenvalue weighted by atomic mass is 10.0. The minimum absolute atomic E-state index is 0.0623. The summed E-state index contributed by atoms with van der Waals surface area (Å²) in [5.41, 5.74) is 0.434. The number of carbonyl (C=O) groups is 1. The largest absolute Gasteiger partial charge is 0.294 e. The van der Waals surface area contributed by atoms with Crippen LogP contribution in [0, 0.1) is 17.7 Å². The molecule has 0 unspecified atom stereocenters. The number of halogens is 2. The number of carbonyl (C=O) groups excluding carboxylic acids is 1. The van der Waals surface area contributed by atoms with Crippen LogP contribution in [0.4, 0.5) is 8.78 Å². The number of rotatable bonds is 3. The van der Waals surface area contributed by atoms with Crippen molar-refractivity contribution in [1.29, 1.82) is 0 Å². The second-order valence-electron chi connectivity index (χ2n) is 3.61. The Morgan fingerprint density at radius 1 is 1.18 bits per heavy atom. The van der Waals surface area contributed by atoms with Crippen LogP contribution in [0.25, 0.3) is 0 Å². The summed E-state index contributed by atoms with van der Waals surface area (Å²) < 4.78 is 26.2. The van der Waals surface area contributed by atoms with E-state index in [4.69, 9.17) is 0 Å². The third-order valence-electron chi connectivity index (χ3n) is 2.37. The maximum absolute atomic E-state index is 13.3. The van der Waals surface area contributed by atoms with Gasteiger partial charge in [0.05, 0.1) is 0 Å². The van der Waals surface area contributed by atoms with Gasteiger partial charge in [-0.05, 0) is 29.8 Å². The molecule has 3 heteroatoms. The molecule has 0 aromatic heterocycles. The van der Waals surface area contributed by atoms with Gasteiger partial charge in [-0.25, -0.2) is 8.78 Å². The van der Waals surface area contributed by atoms with Gasteiger partial charge in [0.15, 0.2) is 5.78 Å². The SMILES string of the molecule is O=C(Cc1cc(F)ccc1F)c1[c]cccc1. The van der Waals surface area contributed by atoms with Gasteiger partial charge in [-0.3, -0.25) is 4.79 Å². The minimum atomic E-state index is -0.573. The molecular weight excluding hydrogens is 222 g/mol. The zero-order valence-corrected chi connectivity index (χ0v) is 8.91. The third kappa shape index (κ3) is 2.75. The van der Waals surface area contributed by atoms with Crippen LogP contribution in [0.5, 0.6) is 0 Å². The van der Waals surface area contributed by atoms with Gasteiger partial charge in [-0.15, -0.1) is 0 Å². The number of hydrogen-bond acceptors (Lipinski definition) is 1. The molecule has 17 heavy (non-hydrogen) atoms. The topological polar surface area (TPSA) is 17.1 Å². The van der Waals surface area contributed by atoms with Crippen LogP contribution in [0.1, 0.15) is 15.9 Å². The molecule has 0 fully saturated rings. The van der Waals surface area contributed by atoms with Crippen LogP contribution < -0.4 is 0 Å². The maximum atomic E-state index is 13.3. The van der Waals surface area contributed by atoms with E-state index in [-0.39, 0.29) is 17.8 Å². The van der Waals surface area contributed by atoms with Crippen molar-refractivity contribution in [3.8, 4) is 0 Å². The summed E-state index contributed by atoms with van der Waals surface area (Å²) in [4.78, 5) is 11.8. The van der Waals surface area contributed by atoms with Crippen molar-refractivity contribution in [2.45, 2.75) is 6.42 Å². The zero-order chi connectivity index (χ0) is 12.3. The van der Waals surface area contributed by atoms with Crippen molar-refractivity contribution in [3.05, 3.63) is 71.3 Å². The first-order valence-electron chi connectivity index (χ1n) is 5.10. The van der Waals surface area contributed by atoms with Crippen LogP contribution in [0.15, 0.2) is 42.5 Å². The van der Waals surface area contributed by atoms with Crippen molar-refractivity contribution in [1.82, 2.24) is 0 Å². The van der Waals surface area contributed by atoms with Crippen LogP contribution in [-0.2, 0) is 6.42 Å². The van der Waals surface area contributed by atoms with E-state index in [1.165, 1.54) is 0 Å². The number of benzene rings is 2. The van der Waals surface area contributed by atoms with Crippen molar-refractivity contribution in [2.75, 3.05) is 0 Å². The van der Waals surface area contributed by atoms with E-state index in [2.05, 4.69) is 6.07 Å². The Labute approximate surface area is 97.7 Å². The van der Waals surface area contributed by atoms with Crippen LogP contribution in [0.2, 0.25) is 0 Å². The number of Topliss-reactive ketones (excluding diaryl/α,β-unsaturated/α-hetero) is 1. The average molecular weight is 231 g/mol. The summed E-state index contributed by atoms with van der Waals surface area (Å²) in [6.45, 7) is 0. The average Bonchev–Trinajstić information content (AvgIpc) is 2.35. The molecule has 0 heterocycles. The molecule has 2 aromatic rings. The predicted octanol–water partition coefficient (Wildman–Crippen LogP) is 3.19. The molecule has 1 nitrogen and oxygen atoms in total. The Morgan fingerprint density at radius 3 is 2.71 bits per heavy atom. The lowest BCUT2D eigenvalue weighted by Crippen LogP contribution is -2.05. The van der Waals surface area contributed by atoms with Crippen molar-refractivity contribution in [2.24, 2.45) is 0 Å². The van der Waals surface area contributed by atoms with Gasteiger partial charge in [0.25, 0.3) is 0 Å². The van der Waals surface area contributed by atoms with Crippen molar-refractivity contribution >= 4 is 5.78 Å². The lowest BCUT2D eigenvalue weighted by molar-refractivity contribution is 0.0991. The summed E-state index contributed by atoms with van der Waals surface area (Å²) in [5, 5.41) is 0. The molecule has 0 spiro atoms. The summed E-state index contributed by atoms with van der Waals surface area (Å²) in [6.07, 6.45) is -0.163. The van der Waals surface area contributed by atoms with Gasteiger partial charge in [0.1, 0.15) is 11.6 Å². The summed E-state index contributed by atoms with van der Waals surface area (Å²) in [7, 11) is 0. The molecular formula is C14H9F2O. The van der Waals surface area contributed by atoms with Crippen molar-refractivity contribution < 1.29 is 13.6 Å². The first-order valence-corrected chi connectivity index (χ1v) is 5.10. The number of hydrogen-bond donors (Lipinski definition) is 0. The molecule has 2 aromatic carbocycles. The summed E-state index contributed by atoms with van der Waals surface area (Å²) in [5.74, 6) is -1.41. The Morgan fingerprint density at radius 2 is 2.00 bits per heavy atom. The van der Waals surface area contributed by atoms with Gasteiger partial charge in [-0.2, -0.15) is 0 Å². The summed E-state index contributed by atoms with van der Waals surface area (Å²) >= 11 is 0. The van der Waals surface area contributed by atoms with Crippen LogP contribution in [0.3, 0.4) is 0 Å². The lowest BCUT2D eigenvalue weighted by Gasteiger charge is -2.03. The highest BCUT2D eigenvalue weighted by molar-refractivity contribution is 5.97. The molecule has 0 saturated carbocycles. The fourth-order valence-corrected chi connectivity index (χ4v) is 1.51. The first-order chi connectivity index (χ1) is 8.16. The van der Waals surface area contributed by atoms with E-state index in [0.29, 0.717) is 5.56 Å². The fraction of sp³-hybridized carbons (Fsp3) is 0.0714. The molecule has 0 atom stereocenters. The van der Waals surface area contributed by atoms with Crippen LogP contribution in [-0.4, -0.2) is 5.78 Å². The maximum Gasteiger partial charge on any atom is 0.167 e. The molecule has 0 saturated heterocycles. The highest BCUT2D eigenvalue weighted by atomic mass is 19.1. The molecule has 0 aliphatic carbocycles. The van der Waals surface area contributed by atoms with Crippen molar-refractivity contribution in [3.63, 3.8) is 0 Å². The van der Waals surface area contributed by atoms with E-state index in [9.17, 15) is 13.6 Å². The normalized spacial score (nSPS) is 10.2. The Balaban J connectivity index is 2.22. The highest BCUT2D eigenvalue weighted by Crippen LogP contribution is 2.13. The van der Waals surface area contributed by atoms with Gasteiger partial charge in [0, 0.05) is 12.0 Å².